The van der Waals surface area contributed by atoms with Crippen LogP contribution < -0.4 is 15.1 Å². The van der Waals surface area contributed by atoms with Crippen LogP contribution in [0.3, 0.4) is 0 Å². The highest BCUT2D eigenvalue weighted by Crippen LogP contribution is 2.38. The summed E-state index contributed by atoms with van der Waals surface area (Å²) in [6.45, 7) is 0.0678. The van der Waals surface area contributed by atoms with E-state index < -0.39 is 17.8 Å². The topological polar surface area (TPSA) is 109 Å². The predicted octanol–water partition coefficient (Wildman–Crippen LogP) is 2.08. The molecule has 2 unspecified atom stereocenters. The van der Waals surface area contributed by atoms with E-state index in [-0.39, 0.29) is 18.1 Å². The van der Waals surface area contributed by atoms with Gasteiger partial charge in [-0.1, -0.05) is 6.07 Å². The fraction of sp³-hybridized carbons (Fsp3) is 0.167. The van der Waals surface area contributed by atoms with Crippen molar-refractivity contribution in [1.82, 2.24) is 0 Å². The minimum absolute atomic E-state index is 0.0678. The van der Waals surface area contributed by atoms with Crippen molar-refractivity contribution in [3.8, 4) is 23.0 Å². The smallest absolute Gasteiger partial charge is 0.336 e. The second-order valence-electron chi connectivity index (χ2n) is 5.75. The van der Waals surface area contributed by atoms with Crippen LogP contribution in [0.25, 0.3) is 11.0 Å². The molecule has 0 spiro atoms. The zero-order chi connectivity index (χ0) is 17.6. The summed E-state index contributed by atoms with van der Waals surface area (Å²) in [5.74, 6) is 0.239. The molecule has 7 heteroatoms. The number of phenols is 2. The Labute approximate surface area is 141 Å². The number of aliphatic hydroxyl groups excluding tert-OH is 1. The maximum atomic E-state index is 11.3. The standard InChI is InChI=1S/C18H14O7/c19-11-3-1-10(5-12(11)20)18(22)16-8-23-14-7-13-9(6-15(14)24-16)2-4-17(21)25-13/h1-7,16,18-20,22H,8H2. The number of phenolic OH excluding ortho intramolecular Hbond substituents is 2. The first-order valence-electron chi connectivity index (χ1n) is 7.58. The van der Waals surface area contributed by atoms with E-state index in [2.05, 4.69) is 0 Å². The van der Waals surface area contributed by atoms with Gasteiger partial charge in [-0.25, -0.2) is 4.79 Å². The van der Waals surface area contributed by atoms with Gasteiger partial charge in [-0.3, -0.25) is 0 Å². The molecule has 0 radical (unpaired) electrons. The molecule has 2 aromatic carbocycles. The van der Waals surface area contributed by atoms with Crippen LogP contribution >= 0.6 is 0 Å². The van der Waals surface area contributed by atoms with Crippen LogP contribution in [0, 0.1) is 0 Å². The number of hydrogen-bond acceptors (Lipinski definition) is 7. The fourth-order valence-corrected chi connectivity index (χ4v) is 2.74. The van der Waals surface area contributed by atoms with Crippen LogP contribution in [0.15, 0.2) is 51.7 Å². The van der Waals surface area contributed by atoms with Gasteiger partial charge in [0.15, 0.2) is 29.1 Å². The molecule has 25 heavy (non-hydrogen) atoms. The number of ether oxygens (including phenoxy) is 2. The summed E-state index contributed by atoms with van der Waals surface area (Å²) in [4.78, 5) is 11.3. The van der Waals surface area contributed by atoms with Gasteiger partial charge in [0, 0.05) is 17.5 Å². The van der Waals surface area contributed by atoms with E-state index >= 15 is 0 Å². The monoisotopic (exact) mass is 342 g/mol. The lowest BCUT2D eigenvalue weighted by molar-refractivity contribution is -0.0112. The molecular formula is C18H14O7. The molecule has 0 fully saturated rings. The molecule has 0 saturated heterocycles. The molecule has 0 amide bonds. The van der Waals surface area contributed by atoms with Crippen molar-refractivity contribution < 1.29 is 29.2 Å². The van der Waals surface area contributed by atoms with E-state index in [1.54, 1.807) is 18.2 Å². The molecule has 128 valence electrons. The maximum Gasteiger partial charge on any atom is 0.336 e. The van der Waals surface area contributed by atoms with Crippen LogP contribution in [0.5, 0.6) is 23.0 Å². The number of benzene rings is 2. The summed E-state index contributed by atoms with van der Waals surface area (Å²) >= 11 is 0. The average molecular weight is 342 g/mol. The van der Waals surface area contributed by atoms with Crippen LogP contribution in [-0.4, -0.2) is 28.0 Å². The molecule has 0 bridgehead atoms. The van der Waals surface area contributed by atoms with Gasteiger partial charge in [-0.05, 0) is 29.8 Å². The van der Waals surface area contributed by atoms with E-state index in [9.17, 15) is 20.1 Å². The molecule has 2 heterocycles. The highest BCUT2D eigenvalue weighted by Gasteiger charge is 2.29. The zero-order valence-corrected chi connectivity index (χ0v) is 12.9. The van der Waals surface area contributed by atoms with E-state index in [4.69, 9.17) is 13.9 Å². The number of aliphatic hydroxyl groups is 1. The first-order chi connectivity index (χ1) is 12.0. The molecule has 1 aromatic heterocycles. The van der Waals surface area contributed by atoms with Crippen molar-refractivity contribution >= 4 is 11.0 Å². The molecule has 4 rings (SSSR count). The number of aromatic hydroxyl groups is 2. The lowest BCUT2D eigenvalue weighted by atomic mass is 10.0. The van der Waals surface area contributed by atoms with Crippen LogP contribution in [0.4, 0.5) is 0 Å². The average Bonchev–Trinajstić information content (AvgIpc) is 2.61. The molecule has 1 aliphatic rings. The zero-order valence-electron chi connectivity index (χ0n) is 12.9. The first kappa shape index (κ1) is 15.3. The molecule has 0 aliphatic carbocycles. The lowest BCUT2D eigenvalue weighted by Gasteiger charge is -2.30. The van der Waals surface area contributed by atoms with Gasteiger partial charge >= 0.3 is 5.63 Å². The second-order valence-corrected chi connectivity index (χ2v) is 5.75. The van der Waals surface area contributed by atoms with E-state index in [0.29, 0.717) is 28.0 Å². The van der Waals surface area contributed by atoms with Crippen molar-refractivity contribution in [3.05, 3.63) is 58.4 Å². The number of fused-ring (bicyclic) bond motifs is 2. The largest absolute Gasteiger partial charge is 0.504 e. The van der Waals surface area contributed by atoms with E-state index in [0.717, 1.165) is 0 Å². The van der Waals surface area contributed by atoms with Crippen LogP contribution in [-0.2, 0) is 0 Å². The molecule has 2 atom stereocenters. The Balaban J connectivity index is 1.64. The summed E-state index contributed by atoms with van der Waals surface area (Å²) in [6.07, 6.45) is -1.77. The Kier molecular flexibility index (Phi) is 3.51. The molecule has 0 saturated carbocycles. The van der Waals surface area contributed by atoms with Crippen LogP contribution in [0.1, 0.15) is 11.7 Å². The Morgan fingerprint density at radius 3 is 2.64 bits per heavy atom. The Hall–Kier alpha value is -3.19. The van der Waals surface area contributed by atoms with Crippen molar-refractivity contribution in [2.24, 2.45) is 0 Å². The van der Waals surface area contributed by atoms with Gasteiger partial charge < -0.3 is 29.2 Å². The van der Waals surface area contributed by atoms with Crippen molar-refractivity contribution in [2.75, 3.05) is 6.61 Å². The Morgan fingerprint density at radius 2 is 1.84 bits per heavy atom. The second kappa shape index (κ2) is 5.71. The predicted molar refractivity (Wildman–Crippen MR) is 87.1 cm³/mol. The van der Waals surface area contributed by atoms with Crippen molar-refractivity contribution in [2.45, 2.75) is 12.2 Å². The van der Waals surface area contributed by atoms with Crippen LogP contribution in [0.2, 0.25) is 0 Å². The Morgan fingerprint density at radius 1 is 1.00 bits per heavy atom. The molecule has 3 N–H and O–H groups in total. The van der Waals surface area contributed by atoms with Crippen molar-refractivity contribution in [3.63, 3.8) is 0 Å². The molecule has 7 nitrogen and oxygen atoms in total. The highest BCUT2D eigenvalue weighted by molar-refractivity contribution is 5.80. The molecular weight excluding hydrogens is 328 g/mol. The van der Waals surface area contributed by atoms with E-state index in [1.807, 2.05) is 0 Å². The quantitative estimate of drug-likeness (QED) is 0.483. The van der Waals surface area contributed by atoms with Gasteiger partial charge in [0.25, 0.3) is 0 Å². The molecule has 1 aliphatic heterocycles. The highest BCUT2D eigenvalue weighted by atomic mass is 16.6. The van der Waals surface area contributed by atoms with Gasteiger partial charge in [0.05, 0.1) is 0 Å². The third-order valence-corrected chi connectivity index (χ3v) is 4.06. The lowest BCUT2D eigenvalue weighted by Crippen LogP contribution is -2.34. The fourth-order valence-electron chi connectivity index (χ4n) is 2.74. The summed E-state index contributed by atoms with van der Waals surface area (Å²) in [6, 6.07) is 10.2. The third-order valence-electron chi connectivity index (χ3n) is 4.06. The summed E-state index contributed by atoms with van der Waals surface area (Å²) < 4.78 is 16.5. The normalized spacial score (nSPS) is 17.4. The Bertz CT molecular complexity index is 1010. The minimum Gasteiger partial charge on any atom is -0.504 e. The summed E-state index contributed by atoms with van der Waals surface area (Å²) in [5.41, 5.74) is 0.320. The number of rotatable bonds is 2. The van der Waals surface area contributed by atoms with Gasteiger partial charge in [-0.2, -0.15) is 0 Å². The SMILES string of the molecule is O=c1ccc2cc3c(cc2o1)OCC(C(O)c1ccc(O)c(O)c1)O3. The van der Waals surface area contributed by atoms with Gasteiger partial charge in [-0.15, -0.1) is 0 Å². The van der Waals surface area contributed by atoms with Gasteiger partial charge in [0.1, 0.15) is 18.3 Å². The van der Waals surface area contributed by atoms with E-state index in [1.165, 1.54) is 24.3 Å². The minimum atomic E-state index is -1.07. The first-order valence-corrected chi connectivity index (χ1v) is 7.58. The number of hydrogen-bond donors (Lipinski definition) is 3. The van der Waals surface area contributed by atoms with Crippen molar-refractivity contribution in [1.29, 1.82) is 0 Å². The molecule has 3 aromatic rings. The summed E-state index contributed by atoms with van der Waals surface area (Å²) in [5, 5.41) is 30.1. The summed E-state index contributed by atoms with van der Waals surface area (Å²) in [7, 11) is 0. The van der Waals surface area contributed by atoms with Gasteiger partial charge in [0.2, 0.25) is 0 Å². The third kappa shape index (κ3) is 2.74. The maximum absolute atomic E-state index is 11.3.